The number of rotatable bonds is 5. The van der Waals surface area contributed by atoms with Gasteiger partial charge in [-0.1, -0.05) is 0 Å². The molecule has 11 nitrogen and oxygen atoms in total. The van der Waals surface area contributed by atoms with Gasteiger partial charge in [0.15, 0.2) is 5.65 Å². The Morgan fingerprint density at radius 3 is 2.77 bits per heavy atom. The highest BCUT2D eigenvalue weighted by Gasteiger charge is 2.37. The molecule has 4 rings (SSSR count). The average molecular weight is 446 g/mol. The smallest absolute Gasteiger partial charge is 0.300 e. The molecule has 2 amide bonds. The summed E-state index contributed by atoms with van der Waals surface area (Å²) in [6.07, 6.45) is 6.87. The fourth-order valence-corrected chi connectivity index (χ4v) is 3.79. The van der Waals surface area contributed by atoms with Gasteiger partial charge in [-0.2, -0.15) is 0 Å². The van der Waals surface area contributed by atoms with Crippen molar-refractivity contribution in [1.82, 2.24) is 30.0 Å². The van der Waals surface area contributed by atoms with Crippen LogP contribution in [0.3, 0.4) is 0 Å². The van der Waals surface area contributed by atoms with E-state index >= 15 is 0 Å². The standard InChI is InChI=1S/C17H18N6O3S.C2H4O2/c24-14-4-10(3-12(14)22-17(26)13-8-27-9-20-13)16(25)19-5-11-7-23-2-1-18-6-15(23)21-11;1-2(3)4/h1-2,6-10,12,14,24H,3-5H2,(H,19,25)(H,22,26);1H3,(H,3,4)/t10-,12-,14-;/m0./s1. The van der Waals surface area contributed by atoms with Crippen LogP contribution in [-0.4, -0.2) is 59.5 Å². The number of nitrogens with zero attached hydrogens (tertiary/aromatic N) is 4. The van der Waals surface area contributed by atoms with Crippen LogP contribution in [0.25, 0.3) is 5.65 Å². The van der Waals surface area contributed by atoms with Gasteiger partial charge in [0.2, 0.25) is 5.91 Å². The fourth-order valence-electron chi connectivity index (χ4n) is 3.25. The first-order valence-corrected chi connectivity index (χ1v) is 10.4. The molecule has 164 valence electrons. The number of aliphatic hydroxyl groups is 1. The third-order valence-corrected chi connectivity index (χ3v) is 5.23. The van der Waals surface area contributed by atoms with Crippen molar-refractivity contribution in [3.63, 3.8) is 0 Å². The lowest BCUT2D eigenvalue weighted by Gasteiger charge is -2.15. The van der Waals surface area contributed by atoms with Crippen LogP contribution in [0, 0.1) is 5.92 Å². The Balaban J connectivity index is 0.000000628. The van der Waals surface area contributed by atoms with Gasteiger partial charge in [-0.05, 0) is 12.8 Å². The number of carbonyl (C=O) groups is 3. The molecule has 0 aromatic carbocycles. The SMILES string of the molecule is CC(=O)O.O=C(N[C@H]1C[C@H](C(=O)NCc2cn3ccncc3n2)C[C@@H]1O)c1cscn1. The molecule has 0 unspecified atom stereocenters. The van der Waals surface area contributed by atoms with Gasteiger partial charge in [-0.15, -0.1) is 11.3 Å². The molecule has 1 saturated carbocycles. The van der Waals surface area contributed by atoms with E-state index in [1.807, 2.05) is 10.6 Å². The van der Waals surface area contributed by atoms with Crippen molar-refractivity contribution in [3.8, 4) is 0 Å². The van der Waals surface area contributed by atoms with Crippen LogP contribution in [0.15, 0.2) is 35.7 Å². The van der Waals surface area contributed by atoms with Crippen LogP contribution in [0.1, 0.15) is 35.9 Å². The number of carboxylic acid groups (broad SMARTS) is 1. The summed E-state index contributed by atoms with van der Waals surface area (Å²) in [5.41, 5.74) is 3.33. The predicted octanol–water partition coefficient (Wildman–Crippen LogP) is 0.462. The molecular weight excluding hydrogens is 424 g/mol. The fraction of sp³-hybridized carbons (Fsp3) is 0.368. The van der Waals surface area contributed by atoms with E-state index in [1.165, 1.54) is 11.3 Å². The van der Waals surface area contributed by atoms with Crippen LogP contribution >= 0.6 is 11.3 Å². The second-order valence-corrected chi connectivity index (χ2v) is 7.72. The summed E-state index contributed by atoms with van der Waals surface area (Å²) in [6, 6.07) is -0.462. The second-order valence-electron chi connectivity index (χ2n) is 7.00. The molecular formula is C19H22N6O5S. The Bertz CT molecular complexity index is 1020. The van der Waals surface area contributed by atoms with E-state index in [9.17, 15) is 14.7 Å². The Morgan fingerprint density at radius 1 is 1.32 bits per heavy atom. The van der Waals surface area contributed by atoms with Crippen molar-refractivity contribution < 1.29 is 24.6 Å². The molecule has 0 radical (unpaired) electrons. The van der Waals surface area contributed by atoms with Crippen LogP contribution in [0.5, 0.6) is 0 Å². The van der Waals surface area contributed by atoms with E-state index in [0.717, 1.165) is 12.6 Å². The van der Waals surface area contributed by atoms with Gasteiger partial charge in [0, 0.05) is 36.8 Å². The lowest BCUT2D eigenvalue weighted by Crippen LogP contribution is -2.40. The summed E-state index contributed by atoms with van der Waals surface area (Å²) in [4.78, 5) is 45.9. The minimum Gasteiger partial charge on any atom is -0.481 e. The maximum Gasteiger partial charge on any atom is 0.300 e. The predicted molar refractivity (Wildman–Crippen MR) is 110 cm³/mol. The zero-order valence-electron chi connectivity index (χ0n) is 16.6. The van der Waals surface area contributed by atoms with Gasteiger partial charge in [0.05, 0.1) is 36.1 Å². The molecule has 4 N–H and O–H groups in total. The summed E-state index contributed by atoms with van der Waals surface area (Å²) in [5, 5.41) is 24.9. The molecule has 3 aromatic rings. The molecule has 3 atom stereocenters. The molecule has 0 saturated heterocycles. The number of fused-ring (bicyclic) bond motifs is 1. The van der Waals surface area contributed by atoms with Crippen molar-refractivity contribution in [2.45, 2.75) is 38.5 Å². The topological polar surface area (TPSA) is 159 Å². The maximum absolute atomic E-state index is 12.4. The number of aliphatic carboxylic acids is 1. The Hall–Kier alpha value is -3.38. The summed E-state index contributed by atoms with van der Waals surface area (Å²) in [7, 11) is 0. The number of hydrogen-bond donors (Lipinski definition) is 4. The number of amides is 2. The Kier molecular flexibility index (Phi) is 7.26. The van der Waals surface area contributed by atoms with Crippen molar-refractivity contribution >= 4 is 34.8 Å². The van der Waals surface area contributed by atoms with Gasteiger partial charge in [0.1, 0.15) is 5.69 Å². The highest BCUT2D eigenvalue weighted by Crippen LogP contribution is 2.26. The van der Waals surface area contributed by atoms with E-state index in [0.29, 0.717) is 30.7 Å². The minimum absolute atomic E-state index is 0.158. The second kappa shape index (κ2) is 10.1. The quantitative estimate of drug-likeness (QED) is 0.440. The third kappa shape index (κ3) is 6.06. The lowest BCUT2D eigenvalue weighted by atomic mass is 10.1. The minimum atomic E-state index is -0.833. The molecule has 0 bridgehead atoms. The zero-order chi connectivity index (χ0) is 22.4. The normalized spacial score (nSPS) is 20.0. The summed E-state index contributed by atoms with van der Waals surface area (Å²) >= 11 is 1.33. The molecule has 3 aromatic heterocycles. The van der Waals surface area contributed by atoms with E-state index in [2.05, 4.69) is 25.6 Å². The first kappa shape index (κ1) is 22.3. The van der Waals surface area contributed by atoms with Crippen LogP contribution < -0.4 is 10.6 Å². The first-order chi connectivity index (χ1) is 14.8. The number of nitrogens with one attached hydrogen (secondary N) is 2. The molecule has 31 heavy (non-hydrogen) atoms. The lowest BCUT2D eigenvalue weighted by molar-refractivity contribution is -0.134. The number of thiazole rings is 1. The van der Waals surface area contributed by atoms with Crippen molar-refractivity contribution in [2.75, 3.05) is 0 Å². The first-order valence-electron chi connectivity index (χ1n) is 9.45. The summed E-state index contributed by atoms with van der Waals surface area (Å²) in [6.45, 7) is 1.38. The van der Waals surface area contributed by atoms with Crippen LogP contribution in [0.4, 0.5) is 0 Å². The van der Waals surface area contributed by atoms with E-state index in [1.54, 1.807) is 29.5 Å². The van der Waals surface area contributed by atoms with E-state index in [-0.39, 0.29) is 17.7 Å². The Labute approximate surface area is 181 Å². The highest BCUT2D eigenvalue weighted by molar-refractivity contribution is 7.07. The average Bonchev–Trinajstić information content (AvgIpc) is 3.45. The molecule has 3 heterocycles. The van der Waals surface area contributed by atoms with Gasteiger partial charge in [-0.3, -0.25) is 19.4 Å². The highest BCUT2D eigenvalue weighted by atomic mass is 32.1. The molecule has 1 aliphatic rings. The number of aliphatic hydroxyl groups excluding tert-OH is 1. The van der Waals surface area contributed by atoms with E-state index in [4.69, 9.17) is 9.90 Å². The number of hydrogen-bond acceptors (Lipinski definition) is 8. The van der Waals surface area contributed by atoms with Gasteiger partial charge in [0.25, 0.3) is 11.9 Å². The number of carboxylic acids is 1. The molecule has 12 heteroatoms. The molecule has 1 fully saturated rings. The van der Waals surface area contributed by atoms with Crippen LogP contribution in [-0.2, 0) is 16.1 Å². The third-order valence-electron chi connectivity index (χ3n) is 4.64. The number of aromatic nitrogens is 4. The van der Waals surface area contributed by atoms with Crippen LogP contribution in [0.2, 0.25) is 0 Å². The maximum atomic E-state index is 12.4. The monoisotopic (exact) mass is 446 g/mol. The Morgan fingerprint density at radius 2 is 2.10 bits per heavy atom. The molecule has 1 aliphatic carbocycles. The van der Waals surface area contributed by atoms with Gasteiger partial charge in [-0.25, -0.2) is 9.97 Å². The zero-order valence-corrected chi connectivity index (χ0v) is 17.5. The van der Waals surface area contributed by atoms with Gasteiger partial charge >= 0.3 is 0 Å². The summed E-state index contributed by atoms with van der Waals surface area (Å²) < 4.78 is 1.83. The van der Waals surface area contributed by atoms with E-state index < -0.39 is 18.1 Å². The number of carbonyl (C=O) groups excluding carboxylic acids is 2. The molecule has 0 aliphatic heterocycles. The van der Waals surface area contributed by atoms with Crippen molar-refractivity contribution in [1.29, 1.82) is 0 Å². The molecule has 0 spiro atoms. The largest absolute Gasteiger partial charge is 0.481 e. The van der Waals surface area contributed by atoms with Crippen molar-refractivity contribution in [2.24, 2.45) is 5.92 Å². The summed E-state index contributed by atoms with van der Waals surface area (Å²) in [5.74, 6) is -1.69. The van der Waals surface area contributed by atoms with Gasteiger partial charge < -0.3 is 25.2 Å². The van der Waals surface area contributed by atoms with Crippen molar-refractivity contribution in [3.05, 3.63) is 47.1 Å². The number of imidazole rings is 1.